The van der Waals surface area contributed by atoms with E-state index in [9.17, 15) is 9.50 Å². The molecular weight excluding hydrogens is 227 g/mol. The minimum atomic E-state index is -1.26. The van der Waals surface area contributed by atoms with E-state index in [1.807, 2.05) is 0 Å². The van der Waals surface area contributed by atoms with Gasteiger partial charge in [-0.1, -0.05) is 22.0 Å². The van der Waals surface area contributed by atoms with Crippen molar-refractivity contribution in [3.05, 3.63) is 28.2 Å². The zero-order valence-electron chi connectivity index (χ0n) is 6.17. The monoisotopic (exact) mass is 234 g/mol. The van der Waals surface area contributed by atoms with E-state index in [-0.39, 0.29) is 11.3 Å². The van der Waals surface area contributed by atoms with Gasteiger partial charge in [0.25, 0.3) is 0 Å². The minimum absolute atomic E-state index is 0.102. The fourth-order valence-corrected chi connectivity index (χ4v) is 1.55. The first-order chi connectivity index (χ1) is 5.66. The van der Waals surface area contributed by atoms with Crippen LogP contribution >= 0.6 is 15.9 Å². The highest BCUT2D eigenvalue weighted by atomic mass is 79.9. The Bertz CT molecular complexity index is 258. The summed E-state index contributed by atoms with van der Waals surface area (Å²) in [5, 5.41) is 18.4. The predicted octanol–water partition coefficient (Wildman–Crippen LogP) is 2.16. The number of alkyl halides is 1. The number of benzene rings is 1. The standard InChI is InChI=1S/C8H8BrFO2/c9-5-2-1-3-6(11)8(5)7(12)4-10/h1-3,7,11-12H,4H2. The minimum Gasteiger partial charge on any atom is -0.508 e. The Morgan fingerprint density at radius 1 is 1.50 bits per heavy atom. The average molecular weight is 235 g/mol. The molecule has 0 fully saturated rings. The van der Waals surface area contributed by atoms with Crippen LogP contribution in [0, 0.1) is 0 Å². The van der Waals surface area contributed by atoms with E-state index in [1.54, 1.807) is 12.1 Å². The van der Waals surface area contributed by atoms with Crippen molar-refractivity contribution in [2.75, 3.05) is 6.67 Å². The molecule has 12 heavy (non-hydrogen) atoms. The molecule has 1 aromatic carbocycles. The second kappa shape index (κ2) is 3.87. The summed E-state index contributed by atoms with van der Waals surface area (Å²) in [4.78, 5) is 0. The van der Waals surface area contributed by atoms with E-state index < -0.39 is 12.8 Å². The van der Waals surface area contributed by atoms with E-state index >= 15 is 0 Å². The molecule has 2 nitrogen and oxygen atoms in total. The molecule has 1 atom stereocenters. The van der Waals surface area contributed by atoms with Crippen LogP contribution in [0.2, 0.25) is 0 Å². The van der Waals surface area contributed by atoms with E-state index in [1.165, 1.54) is 6.07 Å². The molecule has 1 unspecified atom stereocenters. The quantitative estimate of drug-likeness (QED) is 0.824. The van der Waals surface area contributed by atoms with E-state index in [2.05, 4.69) is 15.9 Å². The molecule has 66 valence electrons. The van der Waals surface area contributed by atoms with Crippen LogP contribution in [0.3, 0.4) is 0 Å². The van der Waals surface area contributed by atoms with Crippen molar-refractivity contribution in [3.8, 4) is 5.75 Å². The van der Waals surface area contributed by atoms with E-state index in [0.29, 0.717) is 4.47 Å². The van der Waals surface area contributed by atoms with Crippen LogP contribution in [0.1, 0.15) is 11.7 Å². The first-order valence-corrected chi connectivity index (χ1v) is 4.17. The van der Waals surface area contributed by atoms with Crippen molar-refractivity contribution >= 4 is 15.9 Å². The normalized spacial score (nSPS) is 12.9. The van der Waals surface area contributed by atoms with Crippen LogP contribution in [0.5, 0.6) is 5.75 Å². The van der Waals surface area contributed by atoms with Crippen molar-refractivity contribution in [1.29, 1.82) is 0 Å². The Morgan fingerprint density at radius 3 is 2.67 bits per heavy atom. The Balaban J connectivity index is 3.12. The first kappa shape index (κ1) is 9.48. The summed E-state index contributed by atoms with van der Waals surface area (Å²) in [7, 11) is 0. The summed E-state index contributed by atoms with van der Waals surface area (Å²) in [5.74, 6) is -0.102. The molecule has 0 amide bonds. The summed E-state index contributed by atoms with van der Waals surface area (Å²) in [6.07, 6.45) is -1.26. The largest absolute Gasteiger partial charge is 0.508 e. The summed E-state index contributed by atoms with van der Waals surface area (Å²) in [5.41, 5.74) is 0.194. The Kier molecular flexibility index (Phi) is 3.05. The van der Waals surface area contributed by atoms with Crippen LogP contribution in [-0.4, -0.2) is 16.9 Å². The van der Waals surface area contributed by atoms with Crippen molar-refractivity contribution in [2.24, 2.45) is 0 Å². The van der Waals surface area contributed by atoms with Gasteiger partial charge in [0.05, 0.1) is 0 Å². The zero-order chi connectivity index (χ0) is 9.14. The van der Waals surface area contributed by atoms with Gasteiger partial charge in [-0.2, -0.15) is 0 Å². The molecule has 0 aliphatic carbocycles. The van der Waals surface area contributed by atoms with Gasteiger partial charge in [-0.15, -0.1) is 0 Å². The van der Waals surface area contributed by atoms with Crippen molar-refractivity contribution < 1.29 is 14.6 Å². The molecule has 0 saturated carbocycles. The third kappa shape index (κ3) is 1.76. The summed E-state index contributed by atoms with van der Waals surface area (Å²) in [6.45, 7) is -0.907. The van der Waals surface area contributed by atoms with Gasteiger partial charge in [-0.25, -0.2) is 4.39 Å². The van der Waals surface area contributed by atoms with Crippen LogP contribution < -0.4 is 0 Å². The lowest BCUT2D eigenvalue weighted by Gasteiger charge is -2.10. The number of aromatic hydroxyl groups is 1. The second-order valence-electron chi connectivity index (χ2n) is 2.34. The lowest BCUT2D eigenvalue weighted by molar-refractivity contribution is 0.138. The lowest BCUT2D eigenvalue weighted by atomic mass is 10.1. The molecular formula is C8H8BrFO2. The number of aliphatic hydroxyl groups excluding tert-OH is 1. The van der Waals surface area contributed by atoms with Gasteiger partial charge in [0.15, 0.2) is 0 Å². The third-order valence-electron chi connectivity index (χ3n) is 1.51. The highest BCUT2D eigenvalue weighted by molar-refractivity contribution is 9.10. The van der Waals surface area contributed by atoms with Gasteiger partial charge in [0.2, 0.25) is 0 Å². The average Bonchev–Trinajstić information content (AvgIpc) is 2.03. The van der Waals surface area contributed by atoms with Gasteiger partial charge >= 0.3 is 0 Å². The Morgan fingerprint density at radius 2 is 2.17 bits per heavy atom. The van der Waals surface area contributed by atoms with E-state index in [4.69, 9.17) is 5.11 Å². The maximum atomic E-state index is 12.1. The molecule has 0 heterocycles. The fraction of sp³-hybridized carbons (Fsp3) is 0.250. The Labute approximate surface area is 77.8 Å². The van der Waals surface area contributed by atoms with Crippen LogP contribution in [0.25, 0.3) is 0 Å². The number of hydrogen-bond donors (Lipinski definition) is 2. The van der Waals surface area contributed by atoms with Gasteiger partial charge < -0.3 is 10.2 Å². The first-order valence-electron chi connectivity index (χ1n) is 3.38. The molecule has 0 aliphatic heterocycles. The summed E-state index contributed by atoms with van der Waals surface area (Å²) in [6, 6.07) is 4.64. The number of halogens is 2. The molecule has 0 aliphatic rings. The van der Waals surface area contributed by atoms with Gasteiger partial charge in [-0.05, 0) is 12.1 Å². The van der Waals surface area contributed by atoms with Gasteiger partial charge in [0, 0.05) is 10.0 Å². The molecule has 2 N–H and O–H groups in total. The number of phenolic OH excluding ortho intramolecular Hbond substituents is 1. The fourth-order valence-electron chi connectivity index (χ4n) is 0.933. The van der Waals surface area contributed by atoms with Gasteiger partial charge in [0.1, 0.15) is 18.5 Å². The lowest BCUT2D eigenvalue weighted by Crippen LogP contribution is -2.00. The molecule has 1 rings (SSSR count). The predicted molar refractivity (Wildman–Crippen MR) is 46.7 cm³/mol. The highest BCUT2D eigenvalue weighted by Crippen LogP contribution is 2.31. The van der Waals surface area contributed by atoms with Crippen molar-refractivity contribution in [3.63, 3.8) is 0 Å². The van der Waals surface area contributed by atoms with Crippen molar-refractivity contribution in [2.45, 2.75) is 6.10 Å². The number of phenols is 1. The van der Waals surface area contributed by atoms with Gasteiger partial charge in [-0.3, -0.25) is 0 Å². The molecule has 0 saturated heterocycles. The molecule has 1 aromatic rings. The zero-order valence-corrected chi connectivity index (χ0v) is 7.75. The number of hydrogen-bond acceptors (Lipinski definition) is 2. The molecule has 0 aromatic heterocycles. The molecule has 4 heteroatoms. The summed E-state index contributed by atoms with van der Waals surface area (Å²) >= 11 is 3.10. The van der Waals surface area contributed by atoms with E-state index in [0.717, 1.165) is 0 Å². The Hall–Kier alpha value is -0.610. The second-order valence-corrected chi connectivity index (χ2v) is 3.20. The summed E-state index contributed by atoms with van der Waals surface area (Å²) < 4.78 is 12.6. The number of aliphatic hydroxyl groups is 1. The highest BCUT2D eigenvalue weighted by Gasteiger charge is 2.14. The topological polar surface area (TPSA) is 40.5 Å². The van der Waals surface area contributed by atoms with Crippen molar-refractivity contribution in [1.82, 2.24) is 0 Å². The molecule has 0 bridgehead atoms. The molecule has 0 spiro atoms. The van der Waals surface area contributed by atoms with Crippen LogP contribution in [0.15, 0.2) is 22.7 Å². The van der Waals surface area contributed by atoms with Crippen LogP contribution in [-0.2, 0) is 0 Å². The maximum Gasteiger partial charge on any atom is 0.122 e. The number of rotatable bonds is 2. The smallest absolute Gasteiger partial charge is 0.122 e. The van der Waals surface area contributed by atoms with Crippen LogP contribution in [0.4, 0.5) is 4.39 Å². The molecule has 0 radical (unpaired) electrons. The SMILES string of the molecule is Oc1cccc(Br)c1C(O)CF. The maximum absolute atomic E-state index is 12.1. The third-order valence-corrected chi connectivity index (χ3v) is 2.20.